The van der Waals surface area contributed by atoms with Crippen LogP contribution in [0.15, 0.2) is 17.0 Å². The monoisotopic (exact) mass is 342 g/mol. The molecule has 1 aromatic carbocycles. The van der Waals surface area contributed by atoms with Gasteiger partial charge in [0.05, 0.1) is 0 Å². The molecule has 2 heteroatoms. The fraction of sp³-hybridized carbons (Fsp3) is 0.667. The number of hydrogen-bond donors (Lipinski definition) is 1. The predicted octanol–water partition coefficient (Wildman–Crippen LogP) is 5.87. The normalized spacial score (nSPS) is 13.1. The summed E-state index contributed by atoms with van der Waals surface area (Å²) in [4.78, 5) is 1.12. The van der Waals surface area contributed by atoms with Gasteiger partial charge in [-0.2, -0.15) is 0 Å². The minimum absolute atomic E-state index is 0. The predicted molar refractivity (Wildman–Crippen MR) is 89.8 cm³/mol. The fourth-order valence-electron chi connectivity index (χ4n) is 2.43. The van der Waals surface area contributed by atoms with Crippen LogP contribution in [0.4, 0.5) is 0 Å². The number of benzene rings is 1. The molecule has 0 spiro atoms. The number of thiol groups is 1. The second-order valence-electron chi connectivity index (χ2n) is 8.66. The fourth-order valence-corrected chi connectivity index (χ4v) is 2.96. The molecule has 108 valence electrons. The van der Waals surface area contributed by atoms with Gasteiger partial charge >= 0.3 is 19.5 Å². The van der Waals surface area contributed by atoms with E-state index in [4.69, 9.17) is 12.6 Å². The summed E-state index contributed by atoms with van der Waals surface area (Å²) in [6.07, 6.45) is 0. The Labute approximate surface area is 144 Å². The maximum atomic E-state index is 4.74. The molecule has 0 atom stereocenters. The first-order valence-corrected chi connectivity index (χ1v) is 7.58. The molecule has 0 N–H and O–H groups in total. The number of rotatable bonds is 0. The van der Waals surface area contributed by atoms with Gasteiger partial charge in [-0.05, 0) is 39.0 Å². The molecular formula is C18H30SZn+2. The molecule has 20 heavy (non-hydrogen) atoms. The first-order chi connectivity index (χ1) is 8.24. The third-order valence-electron chi connectivity index (χ3n) is 3.56. The summed E-state index contributed by atoms with van der Waals surface area (Å²) in [5.74, 6) is 0. The van der Waals surface area contributed by atoms with Crippen LogP contribution in [0, 0.1) is 0 Å². The first-order valence-electron chi connectivity index (χ1n) is 7.13. The molecule has 0 saturated carbocycles. The molecule has 0 radical (unpaired) electrons. The van der Waals surface area contributed by atoms with Gasteiger partial charge in [0.25, 0.3) is 0 Å². The Morgan fingerprint density at radius 3 is 1.20 bits per heavy atom. The van der Waals surface area contributed by atoms with Gasteiger partial charge in [0.1, 0.15) is 0 Å². The van der Waals surface area contributed by atoms with Crippen LogP contribution in [0.1, 0.15) is 79.0 Å². The molecule has 0 aliphatic heterocycles. The standard InChI is InChI=1S/C18H30S.Zn/c1-16(2,3)12-10-14(18(7,8)9)15(19)11-13(12)17(4,5)6;/h10-11,19H,1-9H3;/q;+2. The summed E-state index contributed by atoms with van der Waals surface area (Å²) in [7, 11) is 0. The Hall–Kier alpha value is 0.193. The van der Waals surface area contributed by atoms with Gasteiger partial charge in [0.15, 0.2) is 0 Å². The Morgan fingerprint density at radius 1 is 0.600 bits per heavy atom. The SMILES string of the molecule is CC(C)(C)c1cc(C(C)(C)C)c(C(C)(C)C)cc1S.[Zn+2]. The van der Waals surface area contributed by atoms with Crippen molar-refractivity contribution >= 4 is 12.6 Å². The molecule has 0 fully saturated rings. The van der Waals surface area contributed by atoms with E-state index < -0.39 is 0 Å². The van der Waals surface area contributed by atoms with E-state index in [0.29, 0.717) is 0 Å². The van der Waals surface area contributed by atoms with E-state index in [1.807, 2.05) is 0 Å². The Balaban J connectivity index is 0.00000361. The molecule has 0 bridgehead atoms. The van der Waals surface area contributed by atoms with Crippen LogP contribution in [-0.2, 0) is 35.7 Å². The van der Waals surface area contributed by atoms with Crippen LogP contribution in [0.2, 0.25) is 0 Å². The summed E-state index contributed by atoms with van der Waals surface area (Å²) < 4.78 is 0. The molecule has 0 aromatic heterocycles. The summed E-state index contributed by atoms with van der Waals surface area (Å²) in [5.41, 5.74) is 4.64. The van der Waals surface area contributed by atoms with Crippen LogP contribution in [0.25, 0.3) is 0 Å². The van der Waals surface area contributed by atoms with E-state index in [1.165, 1.54) is 16.7 Å². The Bertz CT molecular complexity index is 468. The zero-order valence-corrected chi connectivity index (χ0v) is 18.7. The minimum Gasteiger partial charge on any atom is -0.143 e. The van der Waals surface area contributed by atoms with Crippen molar-refractivity contribution in [1.82, 2.24) is 0 Å². The third-order valence-corrected chi connectivity index (χ3v) is 3.93. The molecule has 0 aliphatic rings. The van der Waals surface area contributed by atoms with Gasteiger partial charge in [-0.1, -0.05) is 68.4 Å². The largest absolute Gasteiger partial charge is 2.00 e. The van der Waals surface area contributed by atoms with Gasteiger partial charge < -0.3 is 0 Å². The molecule has 0 aliphatic carbocycles. The van der Waals surface area contributed by atoms with Crippen molar-refractivity contribution in [2.45, 2.75) is 83.5 Å². The molecule has 0 heterocycles. The first kappa shape index (κ1) is 20.2. The van der Waals surface area contributed by atoms with Crippen LogP contribution < -0.4 is 0 Å². The van der Waals surface area contributed by atoms with Crippen molar-refractivity contribution in [3.63, 3.8) is 0 Å². The molecule has 0 amide bonds. The Morgan fingerprint density at radius 2 is 0.900 bits per heavy atom. The van der Waals surface area contributed by atoms with Crippen molar-refractivity contribution in [2.24, 2.45) is 0 Å². The maximum Gasteiger partial charge on any atom is 2.00 e. The van der Waals surface area contributed by atoms with Crippen LogP contribution in [0.5, 0.6) is 0 Å². The minimum atomic E-state index is 0. The molecule has 0 nitrogen and oxygen atoms in total. The maximum absolute atomic E-state index is 4.74. The summed E-state index contributed by atoms with van der Waals surface area (Å²) >= 11 is 4.74. The number of hydrogen-bond acceptors (Lipinski definition) is 1. The van der Waals surface area contributed by atoms with E-state index in [2.05, 4.69) is 74.4 Å². The second kappa shape index (κ2) is 6.13. The van der Waals surface area contributed by atoms with E-state index in [0.717, 1.165) is 4.90 Å². The smallest absolute Gasteiger partial charge is 0.143 e. The Kier molecular flexibility index (Phi) is 6.19. The van der Waals surface area contributed by atoms with Gasteiger partial charge in [0.2, 0.25) is 0 Å². The zero-order chi connectivity index (χ0) is 15.2. The molecule has 1 aromatic rings. The average molecular weight is 344 g/mol. The summed E-state index contributed by atoms with van der Waals surface area (Å²) in [5, 5.41) is 0. The molecule has 1 rings (SSSR count). The van der Waals surface area contributed by atoms with Crippen LogP contribution in [0.3, 0.4) is 0 Å². The van der Waals surface area contributed by atoms with E-state index >= 15 is 0 Å². The molecular weight excluding hydrogens is 314 g/mol. The van der Waals surface area contributed by atoms with Crippen molar-refractivity contribution in [1.29, 1.82) is 0 Å². The van der Waals surface area contributed by atoms with Crippen LogP contribution >= 0.6 is 12.6 Å². The van der Waals surface area contributed by atoms with Crippen molar-refractivity contribution in [3.8, 4) is 0 Å². The average Bonchev–Trinajstić information content (AvgIpc) is 2.11. The van der Waals surface area contributed by atoms with E-state index in [9.17, 15) is 0 Å². The van der Waals surface area contributed by atoms with Gasteiger partial charge in [-0.15, -0.1) is 12.6 Å². The van der Waals surface area contributed by atoms with Crippen molar-refractivity contribution in [3.05, 3.63) is 28.8 Å². The van der Waals surface area contributed by atoms with Crippen molar-refractivity contribution in [2.75, 3.05) is 0 Å². The second-order valence-corrected chi connectivity index (χ2v) is 9.15. The summed E-state index contributed by atoms with van der Waals surface area (Å²) in [6, 6.07) is 4.66. The van der Waals surface area contributed by atoms with Gasteiger partial charge in [-0.3, -0.25) is 0 Å². The van der Waals surface area contributed by atoms with Crippen molar-refractivity contribution < 1.29 is 19.5 Å². The zero-order valence-electron chi connectivity index (χ0n) is 14.8. The van der Waals surface area contributed by atoms with Gasteiger partial charge in [-0.25, -0.2) is 0 Å². The van der Waals surface area contributed by atoms with E-state index in [1.54, 1.807) is 0 Å². The summed E-state index contributed by atoms with van der Waals surface area (Å²) in [6.45, 7) is 20.5. The van der Waals surface area contributed by atoms with Crippen LogP contribution in [-0.4, -0.2) is 0 Å². The van der Waals surface area contributed by atoms with E-state index in [-0.39, 0.29) is 35.7 Å². The van der Waals surface area contributed by atoms with Gasteiger partial charge in [0, 0.05) is 4.90 Å². The topological polar surface area (TPSA) is 0 Å². The molecule has 0 saturated heterocycles. The third kappa shape index (κ3) is 4.60. The quantitative estimate of drug-likeness (QED) is 0.442. The molecule has 0 unspecified atom stereocenters.